The van der Waals surface area contributed by atoms with Crippen LogP contribution in [0.2, 0.25) is 5.02 Å². The molecule has 0 aliphatic carbocycles. The Hall–Kier alpha value is -1.61. The predicted molar refractivity (Wildman–Crippen MR) is 83.7 cm³/mol. The number of aromatic nitrogens is 3. The molecule has 2 aromatic heterocycles. The third-order valence-electron chi connectivity index (χ3n) is 4.62. The summed E-state index contributed by atoms with van der Waals surface area (Å²) in [5.74, 6) is -8.23. The highest BCUT2D eigenvalue weighted by Crippen LogP contribution is 2.44. The molecule has 0 bridgehead atoms. The smallest absolute Gasteiger partial charge is 0.329 e. The van der Waals surface area contributed by atoms with Crippen LogP contribution in [0.1, 0.15) is 18.9 Å². The lowest BCUT2D eigenvalue weighted by Crippen LogP contribution is -2.38. The summed E-state index contributed by atoms with van der Waals surface area (Å²) in [6, 6.07) is 1.35. The molecule has 10 heteroatoms. The van der Waals surface area contributed by atoms with Crippen LogP contribution in [0.4, 0.5) is 23.4 Å². The molecule has 0 aromatic carbocycles. The maximum absolute atomic E-state index is 13.6. The van der Waals surface area contributed by atoms with Crippen LogP contribution in [0.15, 0.2) is 12.3 Å². The Morgan fingerprint density at radius 2 is 1.92 bits per heavy atom. The first-order valence-electron chi connectivity index (χ1n) is 7.91. The number of halogens is 5. The molecule has 4 rings (SSSR count). The van der Waals surface area contributed by atoms with Gasteiger partial charge in [-0.15, -0.1) is 0 Å². The number of nitrogens with zero attached hydrogens (tertiary/aromatic N) is 4. The van der Waals surface area contributed by atoms with Gasteiger partial charge in [-0.2, -0.15) is 22.7 Å². The lowest BCUT2D eigenvalue weighted by Gasteiger charge is -2.22. The first-order valence-corrected chi connectivity index (χ1v) is 8.29. The van der Waals surface area contributed by atoms with E-state index in [1.54, 1.807) is 4.68 Å². The molecular weight excluding hydrogens is 364 g/mol. The van der Waals surface area contributed by atoms with Gasteiger partial charge in [-0.1, -0.05) is 11.6 Å². The SMILES string of the molecule is FC1(F)CN(c2nn(C3CCCOC3)c3nccc(Cl)c23)CC1(F)F. The fourth-order valence-corrected chi connectivity index (χ4v) is 3.54. The van der Waals surface area contributed by atoms with Crippen LogP contribution in [0, 0.1) is 0 Å². The number of rotatable bonds is 2. The molecule has 0 amide bonds. The minimum atomic E-state index is -4.12. The van der Waals surface area contributed by atoms with Crippen molar-refractivity contribution in [1.82, 2.24) is 14.8 Å². The Bertz CT molecular complexity index is 790. The van der Waals surface area contributed by atoms with Crippen LogP contribution in [0.3, 0.4) is 0 Å². The largest absolute Gasteiger partial charge is 0.379 e. The van der Waals surface area contributed by atoms with E-state index in [0.29, 0.717) is 24.2 Å². The number of pyridine rings is 1. The van der Waals surface area contributed by atoms with E-state index >= 15 is 0 Å². The highest BCUT2D eigenvalue weighted by atomic mass is 35.5. The van der Waals surface area contributed by atoms with Gasteiger partial charge in [-0.3, -0.25) is 0 Å². The Morgan fingerprint density at radius 3 is 2.56 bits per heavy atom. The summed E-state index contributed by atoms with van der Waals surface area (Å²) in [4.78, 5) is 5.13. The van der Waals surface area contributed by atoms with Gasteiger partial charge in [0.15, 0.2) is 11.5 Å². The number of ether oxygens (including phenoxy) is 1. The van der Waals surface area contributed by atoms with Crippen molar-refractivity contribution in [2.24, 2.45) is 0 Å². The zero-order chi connectivity index (χ0) is 17.8. The fourth-order valence-electron chi connectivity index (χ4n) is 3.32. The van der Waals surface area contributed by atoms with Gasteiger partial charge in [0.05, 0.1) is 36.1 Å². The minimum absolute atomic E-state index is 0.00974. The summed E-state index contributed by atoms with van der Waals surface area (Å²) >= 11 is 6.21. The summed E-state index contributed by atoms with van der Waals surface area (Å²) in [5.41, 5.74) is 0.386. The van der Waals surface area contributed by atoms with Crippen molar-refractivity contribution in [3.8, 4) is 0 Å². The Morgan fingerprint density at radius 1 is 1.20 bits per heavy atom. The first kappa shape index (κ1) is 16.8. The van der Waals surface area contributed by atoms with E-state index in [0.717, 1.165) is 17.7 Å². The second-order valence-electron chi connectivity index (χ2n) is 6.40. The maximum Gasteiger partial charge on any atom is 0.329 e. The highest BCUT2D eigenvalue weighted by Gasteiger charge is 2.63. The van der Waals surface area contributed by atoms with Gasteiger partial charge in [0.1, 0.15) is 0 Å². The number of anilines is 1. The van der Waals surface area contributed by atoms with Crippen molar-refractivity contribution in [1.29, 1.82) is 0 Å². The zero-order valence-electron chi connectivity index (χ0n) is 13.1. The second-order valence-corrected chi connectivity index (χ2v) is 6.80. The third kappa shape index (κ3) is 2.64. The van der Waals surface area contributed by atoms with Crippen molar-refractivity contribution in [3.05, 3.63) is 17.3 Å². The summed E-state index contributed by atoms with van der Waals surface area (Å²) in [7, 11) is 0. The van der Waals surface area contributed by atoms with Gasteiger partial charge in [-0.25, -0.2) is 9.67 Å². The fraction of sp³-hybridized carbons (Fsp3) is 0.600. The Balaban J connectivity index is 1.82. The topological polar surface area (TPSA) is 43.2 Å². The van der Waals surface area contributed by atoms with Crippen molar-refractivity contribution in [3.63, 3.8) is 0 Å². The average molecular weight is 379 g/mol. The van der Waals surface area contributed by atoms with Crippen molar-refractivity contribution in [2.75, 3.05) is 31.2 Å². The van der Waals surface area contributed by atoms with Crippen LogP contribution in [-0.2, 0) is 4.74 Å². The molecule has 2 saturated heterocycles. The normalized spacial score (nSPS) is 25.6. The summed E-state index contributed by atoms with van der Waals surface area (Å²) < 4.78 is 61.5. The summed E-state index contributed by atoms with van der Waals surface area (Å²) in [6.07, 6.45) is 3.07. The van der Waals surface area contributed by atoms with E-state index in [4.69, 9.17) is 16.3 Å². The molecule has 0 radical (unpaired) electrons. The molecule has 5 nitrogen and oxygen atoms in total. The molecule has 0 saturated carbocycles. The summed E-state index contributed by atoms with van der Waals surface area (Å²) in [6.45, 7) is -1.19. The van der Waals surface area contributed by atoms with E-state index in [1.165, 1.54) is 12.3 Å². The number of fused-ring (bicyclic) bond motifs is 1. The Labute approximate surface area is 145 Å². The molecule has 25 heavy (non-hydrogen) atoms. The number of hydrogen-bond donors (Lipinski definition) is 0. The maximum atomic E-state index is 13.6. The standard InChI is InChI=1S/C15H15ClF4N4O/c16-10-3-4-21-12-11(10)13(22-24(12)9-2-1-5-25-6-9)23-7-14(17,18)15(19,20)8-23/h3-4,9H,1-2,5-8H2. The molecule has 2 aliphatic rings. The first-order chi connectivity index (χ1) is 11.8. The van der Waals surface area contributed by atoms with Crippen LogP contribution in [0.25, 0.3) is 11.0 Å². The monoisotopic (exact) mass is 378 g/mol. The molecular formula is C15H15ClF4N4O. The average Bonchev–Trinajstić information content (AvgIpc) is 3.04. The third-order valence-corrected chi connectivity index (χ3v) is 4.93. The van der Waals surface area contributed by atoms with E-state index < -0.39 is 24.9 Å². The predicted octanol–water partition coefficient (Wildman–Crippen LogP) is 3.53. The zero-order valence-corrected chi connectivity index (χ0v) is 13.8. The van der Waals surface area contributed by atoms with Gasteiger partial charge in [0.25, 0.3) is 0 Å². The van der Waals surface area contributed by atoms with Crippen molar-refractivity contribution < 1.29 is 22.3 Å². The Kier molecular flexibility index (Phi) is 3.84. The van der Waals surface area contributed by atoms with Crippen LogP contribution in [-0.4, -0.2) is 52.9 Å². The molecule has 0 spiro atoms. The molecule has 1 unspecified atom stereocenters. The van der Waals surface area contributed by atoms with Crippen LogP contribution in [0.5, 0.6) is 0 Å². The van der Waals surface area contributed by atoms with Crippen molar-refractivity contribution >= 4 is 28.5 Å². The molecule has 2 aliphatic heterocycles. The molecule has 1 atom stereocenters. The quantitative estimate of drug-likeness (QED) is 0.750. The molecule has 136 valence electrons. The van der Waals surface area contributed by atoms with Gasteiger partial charge in [0, 0.05) is 12.8 Å². The van der Waals surface area contributed by atoms with Crippen LogP contribution >= 0.6 is 11.6 Å². The lowest BCUT2D eigenvalue weighted by atomic mass is 10.1. The number of alkyl halides is 4. The minimum Gasteiger partial charge on any atom is -0.379 e. The van der Waals surface area contributed by atoms with Crippen molar-refractivity contribution in [2.45, 2.75) is 30.7 Å². The van der Waals surface area contributed by atoms with Gasteiger partial charge in [0.2, 0.25) is 0 Å². The van der Waals surface area contributed by atoms with Gasteiger partial charge in [-0.05, 0) is 18.9 Å². The van der Waals surface area contributed by atoms with E-state index in [2.05, 4.69) is 10.1 Å². The van der Waals surface area contributed by atoms with E-state index in [1.807, 2.05) is 0 Å². The van der Waals surface area contributed by atoms with Crippen LogP contribution < -0.4 is 4.90 Å². The van der Waals surface area contributed by atoms with Gasteiger partial charge < -0.3 is 9.64 Å². The molecule has 4 heterocycles. The highest BCUT2D eigenvalue weighted by molar-refractivity contribution is 6.36. The molecule has 0 N–H and O–H groups in total. The second kappa shape index (κ2) is 5.70. The number of hydrogen-bond acceptors (Lipinski definition) is 4. The van der Waals surface area contributed by atoms with E-state index in [-0.39, 0.29) is 16.9 Å². The molecule has 2 fully saturated rings. The van der Waals surface area contributed by atoms with Gasteiger partial charge >= 0.3 is 11.8 Å². The summed E-state index contributed by atoms with van der Waals surface area (Å²) in [5, 5.41) is 4.88. The van der Waals surface area contributed by atoms with E-state index in [9.17, 15) is 17.6 Å². The molecule has 2 aromatic rings. The lowest BCUT2D eigenvalue weighted by molar-refractivity contribution is -0.172.